The highest BCUT2D eigenvalue weighted by molar-refractivity contribution is 6.30. The molecule has 0 bridgehead atoms. The molecule has 5 nitrogen and oxygen atoms in total. The highest BCUT2D eigenvalue weighted by Gasteiger charge is 2.35. The molecule has 2 aromatic rings. The summed E-state index contributed by atoms with van der Waals surface area (Å²) in [4.78, 5) is 9.64. The molecule has 4 rings (SSSR count). The van der Waals surface area contributed by atoms with Gasteiger partial charge in [0.25, 0.3) is 0 Å². The second-order valence-corrected chi connectivity index (χ2v) is 9.36. The quantitative estimate of drug-likeness (QED) is 0.632. The number of pyridine rings is 1. The Kier molecular flexibility index (Phi) is 7.83. The van der Waals surface area contributed by atoms with Crippen molar-refractivity contribution in [2.75, 3.05) is 37.7 Å². The third-order valence-corrected chi connectivity index (χ3v) is 6.57. The Bertz CT molecular complexity index is 794. The maximum Gasteiger partial charge on any atom is 0.128 e. The van der Waals surface area contributed by atoms with E-state index >= 15 is 0 Å². The first-order valence-corrected chi connectivity index (χ1v) is 11.9. The molecule has 2 aliphatic heterocycles. The van der Waals surface area contributed by atoms with Crippen molar-refractivity contribution in [3.05, 3.63) is 59.2 Å². The van der Waals surface area contributed by atoms with Crippen LogP contribution in [0.2, 0.25) is 5.02 Å². The van der Waals surface area contributed by atoms with Crippen LogP contribution in [0.15, 0.2) is 48.7 Å². The lowest BCUT2D eigenvalue weighted by Gasteiger charge is -2.47. The molecule has 0 N–H and O–H groups in total. The Morgan fingerprint density at radius 2 is 1.90 bits per heavy atom. The van der Waals surface area contributed by atoms with Crippen molar-refractivity contribution in [2.45, 2.75) is 57.4 Å². The summed E-state index contributed by atoms with van der Waals surface area (Å²) in [5.74, 6) is 1.09. The van der Waals surface area contributed by atoms with Crippen LogP contribution in [0.3, 0.4) is 0 Å². The zero-order valence-corrected chi connectivity index (χ0v) is 19.4. The molecular formula is C25H34ClN3O2. The fourth-order valence-corrected chi connectivity index (χ4v) is 4.79. The van der Waals surface area contributed by atoms with Crippen LogP contribution in [0.5, 0.6) is 0 Å². The minimum atomic E-state index is 0.137. The second-order valence-electron chi connectivity index (χ2n) is 8.92. The molecule has 2 atom stereocenters. The maximum absolute atomic E-state index is 6.24. The SMILES string of the molecule is CC(C)OCC1CN(C2CCN(c3ccccn3)CC2)C(Cc2ccc(Cl)cc2)CO1. The summed E-state index contributed by atoms with van der Waals surface area (Å²) in [5, 5.41) is 0.785. The van der Waals surface area contributed by atoms with Gasteiger partial charge in [-0.05, 0) is 62.9 Å². The van der Waals surface area contributed by atoms with Gasteiger partial charge in [-0.15, -0.1) is 0 Å². The molecule has 2 fully saturated rings. The van der Waals surface area contributed by atoms with Crippen LogP contribution in [0, 0.1) is 0 Å². The molecule has 6 heteroatoms. The molecule has 2 unspecified atom stereocenters. The number of anilines is 1. The summed E-state index contributed by atoms with van der Waals surface area (Å²) in [7, 11) is 0. The predicted molar refractivity (Wildman–Crippen MR) is 126 cm³/mol. The number of ether oxygens (including phenoxy) is 2. The zero-order valence-electron chi connectivity index (χ0n) is 18.6. The molecule has 31 heavy (non-hydrogen) atoms. The van der Waals surface area contributed by atoms with Gasteiger partial charge in [-0.2, -0.15) is 0 Å². The van der Waals surface area contributed by atoms with Crippen molar-refractivity contribution in [3.8, 4) is 0 Å². The van der Waals surface area contributed by atoms with Crippen molar-refractivity contribution < 1.29 is 9.47 Å². The zero-order chi connectivity index (χ0) is 21.6. The molecule has 3 heterocycles. The number of benzene rings is 1. The summed E-state index contributed by atoms with van der Waals surface area (Å²) in [6.45, 7) is 8.58. The summed E-state index contributed by atoms with van der Waals surface area (Å²) in [6.07, 6.45) is 5.51. The van der Waals surface area contributed by atoms with Crippen molar-refractivity contribution in [2.24, 2.45) is 0 Å². The number of morpholine rings is 1. The smallest absolute Gasteiger partial charge is 0.128 e. The van der Waals surface area contributed by atoms with Crippen LogP contribution in [0.25, 0.3) is 0 Å². The molecule has 2 saturated heterocycles. The van der Waals surface area contributed by atoms with Gasteiger partial charge < -0.3 is 14.4 Å². The van der Waals surface area contributed by atoms with Crippen LogP contribution in [0.4, 0.5) is 5.82 Å². The van der Waals surface area contributed by atoms with Gasteiger partial charge >= 0.3 is 0 Å². The number of hydrogen-bond acceptors (Lipinski definition) is 5. The van der Waals surface area contributed by atoms with Gasteiger partial charge in [0.2, 0.25) is 0 Å². The number of aromatic nitrogens is 1. The third-order valence-electron chi connectivity index (χ3n) is 6.31. The van der Waals surface area contributed by atoms with E-state index in [2.05, 4.69) is 52.9 Å². The average Bonchev–Trinajstić information content (AvgIpc) is 2.80. The number of hydrogen-bond donors (Lipinski definition) is 0. The highest BCUT2D eigenvalue weighted by atomic mass is 35.5. The molecule has 0 saturated carbocycles. The molecule has 0 amide bonds. The number of rotatable bonds is 7. The summed E-state index contributed by atoms with van der Waals surface area (Å²) < 4.78 is 12.1. The highest BCUT2D eigenvalue weighted by Crippen LogP contribution is 2.27. The van der Waals surface area contributed by atoms with E-state index in [-0.39, 0.29) is 12.2 Å². The maximum atomic E-state index is 6.24. The molecule has 0 spiro atoms. The number of halogens is 1. The lowest BCUT2D eigenvalue weighted by Crippen LogP contribution is -2.58. The van der Waals surface area contributed by atoms with E-state index in [1.807, 2.05) is 24.4 Å². The summed E-state index contributed by atoms with van der Waals surface area (Å²) >= 11 is 6.09. The Labute approximate surface area is 191 Å². The normalized spacial score (nSPS) is 23.4. The van der Waals surface area contributed by atoms with E-state index in [1.165, 1.54) is 5.56 Å². The molecule has 1 aromatic carbocycles. The lowest BCUT2D eigenvalue weighted by atomic mass is 9.96. The van der Waals surface area contributed by atoms with E-state index in [0.717, 1.165) is 56.3 Å². The third kappa shape index (κ3) is 6.19. The molecule has 0 aliphatic carbocycles. The lowest BCUT2D eigenvalue weighted by molar-refractivity contribution is -0.114. The fourth-order valence-electron chi connectivity index (χ4n) is 4.66. The predicted octanol–water partition coefficient (Wildman–Crippen LogP) is 4.44. The van der Waals surface area contributed by atoms with Gasteiger partial charge in [-0.1, -0.05) is 29.8 Å². The van der Waals surface area contributed by atoms with Crippen molar-refractivity contribution in [1.29, 1.82) is 0 Å². The Hall–Kier alpha value is -1.66. The summed E-state index contributed by atoms with van der Waals surface area (Å²) in [5.41, 5.74) is 1.31. The first-order valence-electron chi connectivity index (χ1n) is 11.5. The van der Waals surface area contributed by atoms with Crippen LogP contribution < -0.4 is 4.90 Å². The van der Waals surface area contributed by atoms with Gasteiger partial charge in [0.1, 0.15) is 5.82 Å². The number of nitrogens with zero attached hydrogens (tertiary/aromatic N) is 3. The van der Waals surface area contributed by atoms with E-state index in [1.54, 1.807) is 0 Å². The van der Waals surface area contributed by atoms with Gasteiger partial charge in [0.05, 0.1) is 25.4 Å². The van der Waals surface area contributed by atoms with Crippen LogP contribution in [-0.2, 0) is 15.9 Å². The van der Waals surface area contributed by atoms with Crippen LogP contribution in [-0.4, -0.2) is 67.0 Å². The fraction of sp³-hybridized carbons (Fsp3) is 0.560. The monoisotopic (exact) mass is 443 g/mol. The Morgan fingerprint density at radius 1 is 1.13 bits per heavy atom. The second kappa shape index (κ2) is 10.8. The van der Waals surface area contributed by atoms with Gasteiger partial charge in [-0.3, -0.25) is 4.90 Å². The van der Waals surface area contributed by atoms with Crippen LogP contribution >= 0.6 is 11.6 Å². The van der Waals surface area contributed by atoms with Crippen molar-refractivity contribution >= 4 is 17.4 Å². The largest absolute Gasteiger partial charge is 0.376 e. The van der Waals surface area contributed by atoms with Gasteiger partial charge in [-0.25, -0.2) is 4.98 Å². The Morgan fingerprint density at radius 3 is 2.58 bits per heavy atom. The van der Waals surface area contributed by atoms with Crippen molar-refractivity contribution in [1.82, 2.24) is 9.88 Å². The van der Waals surface area contributed by atoms with Gasteiger partial charge in [0, 0.05) is 42.9 Å². The van der Waals surface area contributed by atoms with Gasteiger partial charge in [0.15, 0.2) is 0 Å². The molecule has 168 valence electrons. The standard InChI is InChI=1S/C25H34ClN3O2/c1-19(2)30-18-24-16-29(23(17-31-24)15-20-6-8-21(26)9-7-20)22-10-13-28(14-11-22)25-5-3-4-12-27-25/h3-9,12,19,22-24H,10-11,13-18H2,1-2H3. The number of piperidine rings is 1. The van der Waals surface area contributed by atoms with E-state index < -0.39 is 0 Å². The van der Waals surface area contributed by atoms with E-state index in [4.69, 9.17) is 21.1 Å². The first-order chi connectivity index (χ1) is 15.1. The molecule has 1 aromatic heterocycles. The topological polar surface area (TPSA) is 37.8 Å². The molecule has 2 aliphatic rings. The van der Waals surface area contributed by atoms with Crippen LogP contribution in [0.1, 0.15) is 32.3 Å². The van der Waals surface area contributed by atoms with E-state index in [9.17, 15) is 0 Å². The Balaban J connectivity index is 1.42. The summed E-state index contributed by atoms with van der Waals surface area (Å²) in [6, 6.07) is 15.3. The molecular weight excluding hydrogens is 410 g/mol. The minimum Gasteiger partial charge on any atom is -0.376 e. The first kappa shape index (κ1) is 22.5. The van der Waals surface area contributed by atoms with Crippen molar-refractivity contribution in [3.63, 3.8) is 0 Å². The average molecular weight is 444 g/mol. The van der Waals surface area contributed by atoms with E-state index in [0.29, 0.717) is 18.7 Å². The molecule has 0 radical (unpaired) electrons. The minimum absolute atomic E-state index is 0.137.